The second kappa shape index (κ2) is 6.89. The minimum Gasteiger partial charge on any atom is -0.370 e. The Labute approximate surface area is 152 Å². The molecule has 1 aromatic heterocycles. The highest BCUT2D eigenvalue weighted by Crippen LogP contribution is 2.31. The van der Waals surface area contributed by atoms with Gasteiger partial charge in [-0.25, -0.2) is 0 Å². The molecule has 0 bridgehead atoms. The van der Waals surface area contributed by atoms with Gasteiger partial charge in [0.15, 0.2) is 0 Å². The Hall–Kier alpha value is -3.33. The molecule has 3 aromatic carbocycles. The molecule has 0 saturated heterocycles. The molecular weight excluding hydrogens is 320 g/mol. The average Bonchev–Trinajstić information content (AvgIpc) is 3.14. The molecule has 3 nitrogen and oxygen atoms in total. The lowest BCUT2D eigenvalue weighted by atomic mass is 9.92. The van der Waals surface area contributed by atoms with Gasteiger partial charge in [0.1, 0.15) is 0 Å². The van der Waals surface area contributed by atoms with E-state index in [1.807, 2.05) is 24.4 Å². The lowest BCUT2D eigenvalue weighted by Gasteiger charge is -2.12. The van der Waals surface area contributed by atoms with Gasteiger partial charge in [-0.2, -0.15) is 0 Å². The summed E-state index contributed by atoms with van der Waals surface area (Å²) in [7, 11) is 0. The number of aryl methyl sites for hydroxylation is 1. The molecule has 0 aliphatic rings. The summed E-state index contributed by atoms with van der Waals surface area (Å²) in [5.41, 5.74) is 12.2. The van der Waals surface area contributed by atoms with Crippen LogP contribution in [0, 0.1) is 0 Å². The van der Waals surface area contributed by atoms with Gasteiger partial charge >= 0.3 is 0 Å². The largest absolute Gasteiger partial charge is 0.370 e. The van der Waals surface area contributed by atoms with Gasteiger partial charge in [-0.3, -0.25) is 4.79 Å². The summed E-state index contributed by atoms with van der Waals surface area (Å²) in [5, 5.41) is 1.19. The van der Waals surface area contributed by atoms with Crippen molar-refractivity contribution in [1.82, 2.24) is 4.98 Å². The van der Waals surface area contributed by atoms with Crippen molar-refractivity contribution in [3.63, 3.8) is 0 Å². The van der Waals surface area contributed by atoms with Crippen LogP contribution in [-0.2, 0) is 11.2 Å². The number of nitrogens with two attached hydrogens (primary N) is 1. The number of rotatable bonds is 5. The van der Waals surface area contributed by atoms with Gasteiger partial charge in [-0.1, -0.05) is 60.7 Å². The lowest BCUT2D eigenvalue weighted by Crippen LogP contribution is -2.11. The molecule has 3 heteroatoms. The summed E-state index contributed by atoms with van der Waals surface area (Å²) in [6.07, 6.45) is 2.92. The number of fused-ring (bicyclic) bond motifs is 1. The number of nitrogens with one attached hydrogen (secondary N) is 1. The van der Waals surface area contributed by atoms with E-state index in [1.54, 1.807) is 0 Å². The maximum absolute atomic E-state index is 11.3. The molecule has 1 amide bonds. The highest BCUT2D eigenvalue weighted by atomic mass is 16.1. The van der Waals surface area contributed by atoms with E-state index in [0.717, 1.165) is 27.8 Å². The Morgan fingerprint density at radius 3 is 2.46 bits per heavy atom. The predicted molar refractivity (Wildman–Crippen MR) is 107 cm³/mol. The molecule has 0 unspecified atom stereocenters. The van der Waals surface area contributed by atoms with Crippen LogP contribution in [-0.4, -0.2) is 10.9 Å². The van der Waals surface area contributed by atoms with Crippen molar-refractivity contribution < 1.29 is 4.79 Å². The molecular formula is C23H20N2O. The number of H-pyrrole nitrogens is 1. The van der Waals surface area contributed by atoms with Crippen molar-refractivity contribution in [1.29, 1.82) is 0 Å². The van der Waals surface area contributed by atoms with E-state index in [9.17, 15) is 4.79 Å². The Bertz CT molecular complexity index is 1060. The maximum atomic E-state index is 11.3. The zero-order chi connectivity index (χ0) is 17.9. The van der Waals surface area contributed by atoms with E-state index < -0.39 is 0 Å². The van der Waals surface area contributed by atoms with Crippen molar-refractivity contribution in [3.8, 4) is 22.3 Å². The first-order valence-electron chi connectivity index (χ1n) is 8.75. The fraction of sp³-hybridized carbons (Fsp3) is 0.0870. The van der Waals surface area contributed by atoms with Gasteiger partial charge in [0.05, 0.1) is 0 Å². The second-order valence-corrected chi connectivity index (χ2v) is 6.48. The van der Waals surface area contributed by atoms with Gasteiger partial charge in [0.2, 0.25) is 5.91 Å². The SMILES string of the molecule is NC(=O)CCc1cc(-c2ccccc2)ccc1-c1ccc2cc[nH]c2c1. The Balaban J connectivity index is 1.80. The van der Waals surface area contributed by atoms with Crippen LogP contribution in [0.25, 0.3) is 33.2 Å². The summed E-state index contributed by atoms with van der Waals surface area (Å²) in [6.45, 7) is 0. The number of hydrogen-bond donors (Lipinski definition) is 2. The Kier molecular flexibility index (Phi) is 4.28. The van der Waals surface area contributed by atoms with E-state index in [-0.39, 0.29) is 5.91 Å². The first kappa shape index (κ1) is 16.2. The molecule has 1 heterocycles. The smallest absolute Gasteiger partial charge is 0.217 e. The van der Waals surface area contributed by atoms with E-state index in [0.29, 0.717) is 12.8 Å². The van der Waals surface area contributed by atoms with Crippen molar-refractivity contribution in [2.45, 2.75) is 12.8 Å². The first-order valence-corrected chi connectivity index (χ1v) is 8.75. The van der Waals surface area contributed by atoms with Gasteiger partial charge in [-0.15, -0.1) is 0 Å². The number of carbonyl (C=O) groups excluding carboxylic acids is 1. The number of hydrogen-bond acceptors (Lipinski definition) is 1. The molecule has 26 heavy (non-hydrogen) atoms. The van der Waals surface area contributed by atoms with Crippen LogP contribution in [0.3, 0.4) is 0 Å². The summed E-state index contributed by atoms with van der Waals surface area (Å²) >= 11 is 0. The summed E-state index contributed by atoms with van der Waals surface area (Å²) in [6, 6.07) is 25.2. The molecule has 4 aromatic rings. The second-order valence-electron chi connectivity index (χ2n) is 6.48. The number of carbonyl (C=O) groups is 1. The maximum Gasteiger partial charge on any atom is 0.217 e. The Morgan fingerprint density at radius 1 is 0.846 bits per heavy atom. The highest BCUT2D eigenvalue weighted by molar-refractivity contribution is 5.86. The van der Waals surface area contributed by atoms with Crippen LogP contribution in [0.2, 0.25) is 0 Å². The summed E-state index contributed by atoms with van der Waals surface area (Å²) in [5.74, 6) is -0.277. The molecule has 0 saturated carbocycles. The number of primary amides is 1. The molecule has 128 valence electrons. The zero-order valence-corrected chi connectivity index (χ0v) is 14.4. The molecule has 0 fully saturated rings. The van der Waals surface area contributed by atoms with E-state index in [4.69, 9.17) is 5.73 Å². The van der Waals surface area contributed by atoms with Crippen LogP contribution in [0.4, 0.5) is 0 Å². The third kappa shape index (κ3) is 3.24. The lowest BCUT2D eigenvalue weighted by molar-refractivity contribution is -0.117. The van der Waals surface area contributed by atoms with Crippen molar-refractivity contribution in [3.05, 3.63) is 84.6 Å². The minimum atomic E-state index is -0.277. The van der Waals surface area contributed by atoms with Gasteiger partial charge in [0.25, 0.3) is 0 Å². The molecule has 0 aliphatic heterocycles. The number of benzene rings is 3. The average molecular weight is 340 g/mol. The van der Waals surface area contributed by atoms with Crippen LogP contribution < -0.4 is 5.73 Å². The number of aromatic nitrogens is 1. The highest BCUT2D eigenvalue weighted by Gasteiger charge is 2.10. The molecule has 0 aliphatic carbocycles. The monoisotopic (exact) mass is 340 g/mol. The molecule has 0 atom stereocenters. The summed E-state index contributed by atoms with van der Waals surface area (Å²) < 4.78 is 0. The molecule has 0 radical (unpaired) electrons. The normalized spacial score (nSPS) is 10.9. The van der Waals surface area contributed by atoms with Gasteiger partial charge < -0.3 is 10.7 Å². The third-order valence-corrected chi connectivity index (χ3v) is 4.72. The van der Waals surface area contributed by atoms with E-state index >= 15 is 0 Å². The summed E-state index contributed by atoms with van der Waals surface area (Å²) in [4.78, 5) is 14.6. The molecule has 0 spiro atoms. The minimum absolute atomic E-state index is 0.277. The van der Waals surface area contributed by atoms with Crippen LogP contribution >= 0.6 is 0 Å². The Morgan fingerprint density at radius 2 is 1.65 bits per heavy atom. The fourth-order valence-corrected chi connectivity index (χ4v) is 3.37. The van der Waals surface area contributed by atoms with Gasteiger partial charge in [-0.05, 0) is 51.8 Å². The number of aromatic amines is 1. The van der Waals surface area contributed by atoms with Crippen LogP contribution in [0.5, 0.6) is 0 Å². The van der Waals surface area contributed by atoms with Crippen LogP contribution in [0.15, 0.2) is 79.0 Å². The topological polar surface area (TPSA) is 58.9 Å². The van der Waals surface area contributed by atoms with Crippen molar-refractivity contribution >= 4 is 16.8 Å². The van der Waals surface area contributed by atoms with Crippen molar-refractivity contribution in [2.75, 3.05) is 0 Å². The zero-order valence-electron chi connectivity index (χ0n) is 14.4. The van der Waals surface area contributed by atoms with Crippen LogP contribution in [0.1, 0.15) is 12.0 Å². The van der Waals surface area contributed by atoms with E-state index in [2.05, 4.69) is 59.6 Å². The number of amides is 1. The fourth-order valence-electron chi connectivity index (χ4n) is 3.37. The standard InChI is InChI=1S/C23H20N2O/c24-23(26)11-9-19-14-18(16-4-2-1-3-5-16)8-10-21(19)20-7-6-17-12-13-25-22(17)15-20/h1-8,10,12-15,25H,9,11H2,(H2,24,26). The van der Waals surface area contributed by atoms with E-state index in [1.165, 1.54) is 10.9 Å². The van der Waals surface area contributed by atoms with Gasteiger partial charge in [0, 0.05) is 18.1 Å². The van der Waals surface area contributed by atoms with Crippen molar-refractivity contribution in [2.24, 2.45) is 5.73 Å². The predicted octanol–water partition coefficient (Wildman–Crippen LogP) is 4.92. The third-order valence-electron chi connectivity index (χ3n) is 4.72. The molecule has 4 rings (SSSR count). The molecule has 3 N–H and O–H groups in total. The quantitative estimate of drug-likeness (QED) is 0.532. The first-order chi connectivity index (χ1) is 12.7.